The number of nitrogens with zero attached hydrogens (tertiary/aromatic N) is 1. The van der Waals surface area contributed by atoms with Gasteiger partial charge in [0.1, 0.15) is 37.2 Å². The predicted molar refractivity (Wildman–Crippen MR) is 195 cm³/mol. The molecule has 0 saturated carbocycles. The summed E-state index contributed by atoms with van der Waals surface area (Å²) in [5.74, 6) is -3.47. The molecule has 0 aliphatic carbocycles. The molecule has 2 aliphatic heterocycles. The molecule has 2 saturated heterocycles. The first-order valence-corrected chi connectivity index (χ1v) is 20.4. The number of nitrogens with one attached hydrogen (secondary N) is 3. The zero-order valence-electron chi connectivity index (χ0n) is 32.0. The van der Waals surface area contributed by atoms with Gasteiger partial charge >= 0.3 is 30.3 Å². The molecule has 3 heterocycles. The minimum atomic E-state index is -3.69. The quantitative estimate of drug-likeness (QED) is 0.0535. The number of carbonyl (C=O) groups excluding carboxylic acids is 5. The average molecular weight is 839 g/mol. The van der Waals surface area contributed by atoms with Crippen molar-refractivity contribution in [2.45, 2.75) is 109 Å². The summed E-state index contributed by atoms with van der Waals surface area (Å²) in [5, 5.41) is 5.46. The molecule has 0 spiro atoms. The molecule has 1 aromatic rings. The number of esters is 3. The van der Waals surface area contributed by atoms with E-state index in [1.54, 1.807) is 0 Å². The Hall–Kier alpha value is -3.60. The number of rotatable bonds is 21. The van der Waals surface area contributed by atoms with Crippen LogP contribution in [-0.4, -0.2) is 128 Å². The van der Waals surface area contributed by atoms with E-state index >= 15 is 0 Å². The van der Waals surface area contributed by atoms with Crippen molar-refractivity contribution in [3.05, 3.63) is 33.1 Å². The maximum Gasteiger partial charge on any atom is 0.330 e. The summed E-state index contributed by atoms with van der Waals surface area (Å²) in [6.45, 7) is 0.926. The summed E-state index contributed by atoms with van der Waals surface area (Å²) < 4.78 is 51.2. The Kier molecular flexibility index (Phi) is 18.7. The van der Waals surface area contributed by atoms with Gasteiger partial charge in [-0.15, -0.1) is 0 Å². The molecule has 3 rings (SSSR count). The molecule has 56 heavy (non-hydrogen) atoms. The summed E-state index contributed by atoms with van der Waals surface area (Å²) in [7, 11) is 2.66. The Bertz CT molecular complexity index is 1680. The summed E-state index contributed by atoms with van der Waals surface area (Å²) >= 11 is 5.09. The van der Waals surface area contributed by atoms with E-state index in [4.69, 9.17) is 54.0 Å². The first-order valence-electron chi connectivity index (χ1n) is 17.8. The van der Waals surface area contributed by atoms with Crippen LogP contribution >= 0.6 is 6.72 Å². The number of aromatic amines is 1. The average Bonchev–Trinajstić information content (AvgIpc) is 3.42. The van der Waals surface area contributed by atoms with Gasteiger partial charge in [0.2, 0.25) is 11.8 Å². The van der Waals surface area contributed by atoms with E-state index in [0.717, 1.165) is 13.8 Å². The van der Waals surface area contributed by atoms with E-state index < -0.39 is 96.8 Å². The molecular formula is C33H51N4O17PS. The number of ether oxygens (including phenoxy) is 7. The lowest BCUT2D eigenvalue weighted by Gasteiger charge is -2.44. The molecule has 4 N–H and O–H groups in total. The summed E-state index contributed by atoms with van der Waals surface area (Å²) in [4.78, 5) is 97.5. The highest BCUT2D eigenvalue weighted by atomic mass is 32.5. The van der Waals surface area contributed by atoms with Crippen LogP contribution < -0.4 is 21.9 Å². The number of H-pyrrole nitrogens is 1. The van der Waals surface area contributed by atoms with Gasteiger partial charge in [0, 0.05) is 79.7 Å². The normalized spacial score (nSPS) is 27.1. The van der Waals surface area contributed by atoms with Crippen molar-refractivity contribution >= 4 is 48.2 Å². The van der Waals surface area contributed by atoms with Crippen molar-refractivity contribution in [2.24, 2.45) is 5.92 Å². The molecule has 23 heteroatoms. The minimum absolute atomic E-state index is 0.0342. The Morgan fingerprint density at radius 3 is 2.21 bits per heavy atom. The molecule has 2 amide bonds. The lowest BCUT2D eigenvalue weighted by molar-refractivity contribution is -0.277. The van der Waals surface area contributed by atoms with Gasteiger partial charge in [0.15, 0.2) is 18.5 Å². The lowest BCUT2D eigenvalue weighted by atomic mass is 9.94. The van der Waals surface area contributed by atoms with Crippen LogP contribution in [0.2, 0.25) is 0 Å². The Morgan fingerprint density at radius 1 is 0.929 bits per heavy atom. The first-order chi connectivity index (χ1) is 26.5. The van der Waals surface area contributed by atoms with E-state index in [9.17, 15) is 38.5 Å². The molecule has 0 bridgehead atoms. The number of hydrogen-bond donors (Lipinski definition) is 4. The van der Waals surface area contributed by atoms with Gasteiger partial charge in [0.05, 0.1) is 6.61 Å². The van der Waals surface area contributed by atoms with Crippen molar-refractivity contribution in [1.29, 1.82) is 0 Å². The van der Waals surface area contributed by atoms with Crippen LogP contribution in [0.1, 0.15) is 66.0 Å². The molecular weight excluding hydrogens is 787 g/mol. The Labute approximate surface area is 327 Å². The number of carbonyl (C=O) groups is 5. The Balaban J connectivity index is 1.59. The van der Waals surface area contributed by atoms with Crippen molar-refractivity contribution in [3.63, 3.8) is 0 Å². The maximum atomic E-state index is 12.7. The van der Waals surface area contributed by atoms with Gasteiger partial charge in [-0.05, 0) is 37.5 Å². The number of aromatic nitrogens is 2. The third-order valence-corrected chi connectivity index (χ3v) is 10.3. The summed E-state index contributed by atoms with van der Waals surface area (Å²) in [6, 6.07) is 0.0571. The first kappa shape index (κ1) is 46.8. The summed E-state index contributed by atoms with van der Waals surface area (Å²) in [6.07, 6.45) is -4.52. The van der Waals surface area contributed by atoms with E-state index in [0.29, 0.717) is 25.7 Å². The highest BCUT2D eigenvalue weighted by Crippen LogP contribution is 2.50. The van der Waals surface area contributed by atoms with Gasteiger partial charge in [-0.3, -0.25) is 38.3 Å². The van der Waals surface area contributed by atoms with Crippen molar-refractivity contribution in [1.82, 2.24) is 20.2 Å². The van der Waals surface area contributed by atoms with Crippen LogP contribution in [0.3, 0.4) is 0 Å². The second kappa shape index (κ2) is 22.4. The number of amides is 2. The fourth-order valence-electron chi connectivity index (χ4n) is 6.32. The standard InChI is InChI=1S/C33H51N4O17PS/c1-18(38)35-27-30(51-21(4)41)29(50-20(3)40)24(17-49-19(2)39)53-32(27)48-15-8-7-11-25(42)34-13-9-10-22-28(54-55(45,56)47-6)23(16-46-5)52-31(22)37-14-12-26(43)36-33(37)44/h12,14,22-24,27-32H,7-11,13,15-17H2,1-6H3,(H,34,42)(H,35,38)(H,45,56)(H,36,43,44)/t22?,23-,24-,27-,28-,29+,30-,31-,32-,55?/m1/s1. The lowest BCUT2D eigenvalue weighted by Crippen LogP contribution is -2.66. The molecule has 2 unspecified atom stereocenters. The SMILES string of the molecule is COC[C@H]1O[C@@H](n2ccc(=O)[nH]c2=O)C(CCCNC(=O)CCCCO[C@@H]2O[C@H](COC(C)=O)[C@H](OC(C)=O)[C@H](OC(C)=O)[C@H]2NC(C)=O)[C@H]1OP(O)(=S)OC. The molecule has 21 nitrogen and oxygen atoms in total. The van der Waals surface area contributed by atoms with Gasteiger partial charge in [-0.1, -0.05) is 0 Å². The van der Waals surface area contributed by atoms with Crippen LogP contribution in [-0.2, 0) is 78.0 Å². The van der Waals surface area contributed by atoms with E-state index in [1.165, 1.54) is 44.9 Å². The molecule has 10 atom stereocenters. The zero-order chi connectivity index (χ0) is 41.6. The van der Waals surface area contributed by atoms with Crippen LogP contribution in [0.4, 0.5) is 0 Å². The minimum Gasteiger partial charge on any atom is -0.463 e. The Morgan fingerprint density at radius 2 is 1.61 bits per heavy atom. The third-order valence-electron chi connectivity index (χ3n) is 8.60. The highest BCUT2D eigenvalue weighted by molar-refractivity contribution is 8.07. The predicted octanol–water partition coefficient (Wildman–Crippen LogP) is -0.316. The highest BCUT2D eigenvalue weighted by Gasteiger charge is 2.51. The van der Waals surface area contributed by atoms with Gasteiger partial charge in [-0.2, -0.15) is 0 Å². The third kappa shape index (κ3) is 14.4. The van der Waals surface area contributed by atoms with E-state index in [-0.39, 0.29) is 38.7 Å². The largest absolute Gasteiger partial charge is 0.463 e. The van der Waals surface area contributed by atoms with Crippen molar-refractivity contribution in [2.75, 3.05) is 40.6 Å². The molecule has 316 valence electrons. The van der Waals surface area contributed by atoms with E-state index in [2.05, 4.69) is 15.6 Å². The molecule has 2 aliphatic rings. The number of hydrogen-bond acceptors (Lipinski definition) is 17. The molecule has 1 aromatic heterocycles. The van der Waals surface area contributed by atoms with Gasteiger partial charge in [0.25, 0.3) is 5.56 Å². The zero-order valence-corrected chi connectivity index (χ0v) is 33.7. The smallest absolute Gasteiger partial charge is 0.330 e. The monoisotopic (exact) mass is 838 g/mol. The van der Waals surface area contributed by atoms with Crippen LogP contribution in [0.15, 0.2) is 21.9 Å². The topological polar surface area (TPSA) is 268 Å². The van der Waals surface area contributed by atoms with Crippen LogP contribution in [0.5, 0.6) is 0 Å². The molecule has 0 aromatic carbocycles. The second-order valence-corrected chi connectivity index (χ2v) is 15.9. The van der Waals surface area contributed by atoms with E-state index in [1.807, 2.05) is 0 Å². The second-order valence-electron chi connectivity index (χ2n) is 13.0. The van der Waals surface area contributed by atoms with Gasteiger partial charge in [-0.25, -0.2) is 4.79 Å². The van der Waals surface area contributed by atoms with Crippen LogP contribution in [0.25, 0.3) is 0 Å². The number of methoxy groups -OCH3 is 1. The molecule has 0 radical (unpaired) electrons. The molecule has 2 fully saturated rings. The van der Waals surface area contributed by atoms with Crippen molar-refractivity contribution in [3.8, 4) is 0 Å². The van der Waals surface area contributed by atoms with Crippen molar-refractivity contribution < 1.29 is 71.1 Å². The maximum absolute atomic E-state index is 12.7. The van der Waals surface area contributed by atoms with Crippen LogP contribution in [0, 0.1) is 5.92 Å². The fourth-order valence-corrected chi connectivity index (χ4v) is 7.30. The number of unbranched alkanes of at least 4 members (excludes halogenated alkanes) is 1. The van der Waals surface area contributed by atoms with Gasteiger partial charge < -0.3 is 57.7 Å². The fraction of sp³-hybridized carbons (Fsp3) is 0.727. The summed E-state index contributed by atoms with van der Waals surface area (Å²) in [5.41, 5.74) is -1.31.